The van der Waals surface area contributed by atoms with Crippen LogP contribution in [0, 0.1) is 3.70 Å². The van der Waals surface area contributed by atoms with Gasteiger partial charge < -0.3 is 9.47 Å². The van der Waals surface area contributed by atoms with Gasteiger partial charge in [-0.1, -0.05) is 0 Å². The lowest BCUT2D eigenvalue weighted by Crippen LogP contribution is -2.26. The Morgan fingerprint density at radius 2 is 2.12 bits per heavy atom. The molecular formula is C10H11BrINO3. The highest BCUT2D eigenvalue weighted by Crippen LogP contribution is 2.23. The molecule has 0 radical (unpaired) electrons. The quantitative estimate of drug-likeness (QED) is 0.409. The Labute approximate surface area is 116 Å². The first-order valence-corrected chi connectivity index (χ1v) is 6.37. The van der Waals surface area contributed by atoms with Gasteiger partial charge in [0.25, 0.3) is 0 Å². The Bertz CT molecular complexity index is 404. The van der Waals surface area contributed by atoms with E-state index in [1.165, 1.54) is 0 Å². The Kier molecular flexibility index (Phi) is 4.54. The normalized spacial score (nSPS) is 11.1. The molecule has 0 atom stereocenters. The average molecular weight is 400 g/mol. The van der Waals surface area contributed by atoms with E-state index in [4.69, 9.17) is 9.47 Å². The van der Waals surface area contributed by atoms with Crippen LogP contribution in [0.2, 0.25) is 0 Å². The van der Waals surface area contributed by atoms with Gasteiger partial charge in [-0.15, -0.1) is 0 Å². The summed E-state index contributed by atoms with van der Waals surface area (Å²) in [6.07, 6.45) is 0.898. The minimum atomic E-state index is -0.731. The van der Waals surface area contributed by atoms with Gasteiger partial charge in [0.1, 0.15) is 9.30 Å². The second kappa shape index (κ2) is 5.31. The van der Waals surface area contributed by atoms with Gasteiger partial charge in [-0.05, 0) is 65.4 Å². The van der Waals surface area contributed by atoms with Crippen LogP contribution in [0.5, 0.6) is 5.75 Å². The van der Waals surface area contributed by atoms with Crippen molar-refractivity contribution in [2.24, 2.45) is 0 Å². The Morgan fingerprint density at radius 1 is 1.50 bits per heavy atom. The topological polar surface area (TPSA) is 48.4 Å². The molecule has 0 saturated heterocycles. The zero-order valence-electron chi connectivity index (χ0n) is 9.08. The van der Waals surface area contributed by atoms with Crippen LogP contribution in [0.3, 0.4) is 0 Å². The molecule has 0 saturated carbocycles. The lowest BCUT2D eigenvalue weighted by Gasteiger charge is -2.18. The van der Waals surface area contributed by atoms with Gasteiger partial charge >= 0.3 is 6.16 Å². The van der Waals surface area contributed by atoms with E-state index < -0.39 is 11.8 Å². The van der Waals surface area contributed by atoms with Gasteiger partial charge in [0.2, 0.25) is 0 Å². The zero-order chi connectivity index (χ0) is 12.3. The molecule has 0 aliphatic carbocycles. The number of carbonyl (C=O) groups is 1. The molecule has 6 heteroatoms. The largest absolute Gasteiger partial charge is 0.514 e. The third kappa shape index (κ3) is 4.65. The molecule has 4 nitrogen and oxygen atoms in total. The van der Waals surface area contributed by atoms with E-state index >= 15 is 0 Å². The van der Waals surface area contributed by atoms with Gasteiger partial charge in [-0.25, -0.2) is 9.78 Å². The second-order valence-electron chi connectivity index (χ2n) is 4.01. The average Bonchev–Trinajstić information content (AvgIpc) is 2.08. The molecule has 0 unspecified atom stereocenters. The molecule has 0 aliphatic rings. The van der Waals surface area contributed by atoms with Crippen LogP contribution < -0.4 is 4.74 Å². The molecule has 0 amide bonds. The van der Waals surface area contributed by atoms with Crippen LogP contribution >= 0.6 is 38.5 Å². The predicted molar refractivity (Wildman–Crippen MR) is 71.5 cm³/mol. The summed E-state index contributed by atoms with van der Waals surface area (Å²) in [6.45, 7) is 5.33. The summed E-state index contributed by atoms with van der Waals surface area (Å²) >= 11 is 5.23. The molecule has 0 spiro atoms. The lowest BCUT2D eigenvalue weighted by molar-refractivity contribution is 0.0203. The lowest BCUT2D eigenvalue weighted by atomic mass is 10.2. The molecule has 0 aromatic carbocycles. The van der Waals surface area contributed by atoms with E-state index in [-0.39, 0.29) is 0 Å². The highest BCUT2D eigenvalue weighted by Gasteiger charge is 2.19. The highest BCUT2D eigenvalue weighted by atomic mass is 127. The standard InChI is InChI=1S/C10H11BrINO3/c1-10(2,3)16-9(14)15-7-4-6(11)5-13-8(7)12/h4-5H,1-3H3. The summed E-state index contributed by atoms with van der Waals surface area (Å²) in [4.78, 5) is 15.4. The molecule has 1 aromatic rings. The van der Waals surface area contributed by atoms with Crippen LogP contribution in [-0.2, 0) is 4.74 Å². The van der Waals surface area contributed by atoms with Crippen molar-refractivity contribution in [3.8, 4) is 5.75 Å². The third-order valence-electron chi connectivity index (χ3n) is 1.36. The first kappa shape index (κ1) is 13.7. The fraction of sp³-hybridized carbons (Fsp3) is 0.400. The number of hydrogen-bond donors (Lipinski definition) is 0. The molecule has 0 fully saturated rings. The van der Waals surface area contributed by atoms with Crippen molar-refractivity contribution in [3.63, 3.8) is 0 Å². The summed E-state index contributed by atoms with van der Waals surface area (Å²) in [7, 11) is 0. The first-order valence-electron chi connectivity index (χ1n) is 4.50. The van der Waals surface area contributed by atoms with Crippen LogP contribution in [0.25, 0.3) is 0 Å². The molecule has 1 rings (SSSR count). The van der Waals surface area contributed by atoms with Crippen molar-refractivity contribution in [2.75, 3.05) is 0 Å². The Morgan fingerprint density at radius 3 is 2.69 bits per heavy atom. The van der Waals surface area contributed by atoms with Crippen LogP contribution in [-0.4, -0.2) is 16.7 Å². The zero-order valence-corrected chi connectivity index (χ0v) is 12.8. The number of nitrogens with zero attached hydrogens (tertiary/aromatic N) is 1. The predicted octanol–water partition coefficient (Wildman–Crippen LogP) is 3.76. The molecule has 1 aromatic heterocycles. The third-order valence-corrected chi connectivity index (χ3v) is 2.60. The van der Waals surface area contributed by atoms with E-state index in [1.54, 1.807) is 33.0 Å². The van der Waals surface area contributed by atoms with Crippen LogP contribution in [0.1, 0.15) is 20.8 Å². The van der Waals surface area contributed by atoms with Crippen LogP contribution in [0.4, 0.5) is 4.79 Å². The van der Waals surface area contributed by atoms with E-state index in [2.05, 4.69) is 20.9 Å². The molecular weight excluding hydrogens is 389 g/mol. The number of rotatable bonds is 1. The highest BCUT2D eigenvalue weighted by molar-refractivity contribution is 14.1. The fourth-order valence-corrected chi connectivity index (χ4v) is 1.55. The van der Waals surface area contributed by atoms with Gasteiger partial charge in [-0.2, -0.15) is 0 Å². The van der Waals surface area contributed by atoms with Crippen molar-refractivity contribution in [1.29, 1.82) is 0 Å². The van der Waals surface area contributed by atoms with Gasteiger partial charge in [0.05, 0.1) is 0 Å². The van der Waals surface area contributed by atoms with E-state index in [9.17, 15) is 4.79 Å². The maximum atomic E-state index is 11.4. The minimum absolute atomic E-state index is 0.379. The van der Waals surface area contributed by atoms with Crippen molar-refractivity contribution >= 4 is 44.7 Å². The monoisotopic (exact) mass is 399 g/mol. The fourth-order valence-electron chi connectivity index (χ4n) is 0.836. The summed E-state index contributed by atoms with van der Waals surface area (Å²) in [5, 5.41) is 0. The maximum Gasteiger partial charge on any atom is 0.514 e. The van der Waals surface area contributed by atoms with E-state index in [0.717, 1.165) is 4.47 Å². The number of hydrogen-bond acceptors (Lipinski definition) is 4. The summed E-state index contributed by atoms with van der Waals surface area (Å²) in [5.41, 5.74) is -0.567. The van der Waals surface area contributed by atoms with Crippen molar-refractivity contribution in [2.45, 2.75) is 26.4 Å². The van der Waals surface area contributed by atoms with Crippen LogP contribution in [0.15, 0.2) is 16.7 Å². The summed E-state index contributed by atoms with van der Waals surface area (Å²) < 4.78 is 11.4. The van der Waals surface area contributed by atoms with E-state index in [0.29, 0.717) is 9.45 Å². The van der Waals surface area contributed by atoms with Gasteiger partial charge in [0, 0.05) is 10.7 Å². The van der Waals surface area contributed by atoms with Crippen molar-refractivity contribution in [3.05, 3.63) is 20.4 Å². The first-order chi connectivity index (χ1) is 7.28. The number of halogens is 2. The molecule has 16 heavy (non-hydrogen) atoms. The molecule has 1 heterocycles. The molecule has 88 valence electrons. The van der Waals surface area contributed by atoms with Gasteiger partial charge in [-0.3, -0.25) is 0 Å². The minimum Gasteiger partial charge on any atom is -0.428 e. The second-order valence-corrected chi connectivity index (χ2v) is 5.95. The van der Waals surface area contributed by atoms with Crippen molar-refractivity contribution < 1.29 is 14.3 Å². The number of ether oxygens (including phenoxy) is 2. The Hall–Kier alpha value is -0.370. The molecule has 0 bridgehead atoms. The van der Waals surface area contributed by atoms with Crippen molar-refractivity contribution in [1.82, 2.24) is 4.98 Å². The number of pyridine rings is 1. The summed E-state index contributed by atoms with van der Waals surface area (Å²) in [6, 6.07) is 1.67. The Balaban J connectivity index is 2.73. The smallest absolute Gasteiger partial charge is 0.428 e. The van der Waals surface area contributed by atoms with E-state index in [1.807, 2.05) is 22.6 Å². The van der Waals surface area contributed by atoms with Gasteiger partial charge in [0.15, 0.2) is 5.75 Å². The molecule has 0 N–H and O–H groups in total. The maximum absolute atomic E-state index is 11.4. The number of aromatic nitrogens is 1. The summed E-state index contributed by atoms with van der Waals surface area (Å²) in [5.74, 6) is 0.379. The SMILES string of the molecule is CC(C)(C)OC(=O)Oc1cc(Br)cnc1I. The molecule has 0 aliphatic heterocycles. The number of carbonyl (C=O) groups excluding carboxylic acids is 1.